The molecule has 0 radical (unpaired) electrons. The third-order valence-electron chi connectivity index (χ3n) is 7.76. The number of anilines is 2. The van der Waals surface area contributed by atoms with Crippen molar-refractivity contribution in [2.75, 3.05) is 22.8 Å². The number of sulfonamides is 1. The number of para-hydroxylation sites is 1. The number of hydrogen-bond donors (Lipinski definition) is 1. The van der Waals surface area contributed by atoms with Crippen LogP contribution in [-0.2, 0) is 29.1 Å². The summed E-state index contributed by atoms with van der Waals surface area (Å²) < 4.78 is 79.3. The molecule has 2 amide bonds. The van der Waals surface area contributed by atoms with E-state index in [4.69, 9.17) is 21.1 Å². The maximum Gasteiger partial charge on any atom is 0.344 e. The fourth-order valence-corrected chi connectivity index (χ4v) is 6.37. The van der Waals surface area contributed by atoms with E-state index in [0.717, 1.165) is 65.8 Å². The summed E-state index contributed by atoms with van der Waals surface area (Å²) in [7, 11) is -4.35. The van der Waals surface area contributed by atoms with Gasteiger partial charge in [0.05, 0.1) is 17.3 Å². The van der Waals surface area contributed by atoms with Gasteiger partial charge in [-0.2, -0.15) is 13.4 Å². The Morgan fingerprint density at radius 2 is 1.65 bits per heavy atom. The van der Waals surface area contributed by atoms with Gasteiger partial charge < -0.3 is 9.47 Å². The minimum atomic E-state index is -4.35. The molecule has 270 valence electrons. The largest absolute Gasteiger partial charge is 0.480 e. The van der Waals surface area contributed by atoms with Gasteiger partial charge in [-0.1, -0.05) is 37.4 Å². The van der Waals surface area contributed by atoms with Gasteiger partial charge in [-0.25, -0.2) is 32.4 Å². The highest BCUT2D eigenvalue weighted by Crippen LogP contribution is 2.39. The molecule has 3 heterocycles. The summed E-state index contributed by atoms with van der Waals surface area (Å²) in [5.41, 5.74) is 0.509. The molecule has 6 rings (SSSR count). The zero-order valence-electron chi connectivity index (χ0n) is 27.4. The van der Waals surface area contributed by atoms with Gasteiger partial charge in [0.25, 0.3) is 32.8 Å². The Kier molecular flexibility index (Phi) is 11.6. The number of halogens is 4. The van der Waals surface area contributed by atoms with Crippen LogP contribution < -0.4 is 14.4 Å². The number of fused-ring (bicyclic) bond motifs is 1. The second-order valence-electron chi connectivity index (χ2n) is 11.5. The minimum Gasteiger partial charge on any atom is -0.480 e. The first kappa shape index (κ1) is 37.2. The van der Waals surface area contributed by atoms with E-state index in [1.807, 2.05) is 6.92 Å². The third kappa shape index (κ3) is 8.48. The number of aromatic nitrogens is 4. The van der Waals surface area contributed by atoms with Crippen LogP contribution in [0.5, 0.6) is 5.75 Å². The topological polar surface area (TPSA) is 162 Å². The van der Waals surface area contributed by atoms with Gasteiger partial charge in [-0.05, 0) is 63.3 Å². The van der Waals surface area contributed by atoms with Gasteiger partial charge in [0, 0.05) is 29.1 Å². The van der Waals surface area contributed by atoms with Crippen molar-refractivity contribution in [3.8, 4) is 5.75 Å². The summed E-state index contributed by atoms with van der Waals surface area (Å²) in [6, 6.07) is 6.75. The zero-order valence-corrected chi connectivity index (χ0v) is 29.0. The van der Waals surface area contributed by atoms with Crippen LogP contribution in [0.3, 0.4) is 0 Å². The molecule has 0 saturated carbocycles. The molecule has 1 N–H and O–H groups in total. The summed E-state index contributed by atoms with van der Waals surface area (Å²) in [4.78, 5) is 45.7. The number of nitrogens with zero attached hydrogens (tertiary/aromatic N) is 5. The van der Waals surface area contributed by atoms with E-state index >= 15 is 0 Å². The molecule has 1 aliphatic carbocycles. The van der Waals surface area contributed by atoms with E-state index in [2.05, 4.69) is 15.1 Å². The Hall–Kier alpha value is -5.03. The summed E-state index contributed by atoms with van der Waals surface area (Å²) in [5.74, 6) is -4.42. The number of imide groups is 1. The molecule has 0 spiro atoms. The molecule has 0 saturated heterocycles. The number of ether oxygens (including phenoxy) is 2. The highest BCUT2D eigenvalue weighted by atomic mass is 35.5. The van der Waals surface area contributed by atoms with Crippen LogP contribution >= 0.6 is 11.6 Å². The van der Waals surface area contributed by atoms with E-state index in [9.17, 15) is 36.0 Å². The number of aryl methyl sites for hydroxylation is 1. The monoisotopic (exact) mass is 748 g/mol. The van der Waals surface area contributed by atoms with E-state index < -0.39 is 62.7 Å². The molecule has 0 atom stereocenters. The fraction of sp³-hybridized carbons (Fsp3) is 0.333. The molecule has 0 unspecified atom stereocenters. The lowest BCUT2D eigenvalue weighted by Gasteiger charge is -2.18. The van der Waals surface area contributed by atoms with Crippen LogP contribution in [0.1, 0.15) is 57.6 Å². The van der Waals surface area contributed by atoms with Crippen LogP contribution in [0, 0.1) is 24.4 Å². The van der Waals surface area contributed by atoms with Gasteiger partial charge in [0.2, 0.25) is 0 Å². The van der Waals surface area contributed by atoms with Crippen molar-refractivity contribution in [1.29, 1.82) is 0 Å². The minimum absolute atomic E-state index is 0.000883. The van der Waals surface area contributed by atoms with Crippen molar-refractivity contribution in [3.05, 3.63) is 81.9 Å². The Morgan fingerprint density at radius 1 is 0.980 bits per heavy atom. The third-order valence-corrected chi connectivity index (χ3v) is 9.18. The zero-order chi connectivity index (χ0) is 36.9. The van der Waals surface area contributed by atoms with Crippen LogP contribution in [0.15, 0.2) is 58.9 Å². The second kappa shape index (κ2) is 15.9. The summed E-state index contributed by atoms with van der Waals surface area (Å²) >= 11 is 6.02. The normalized spacial score (nSPS) is 14.4. The van der Waals surface area contributed by atoms with Crippen LogP contribution in [0.2, 0.25) is 5.02 Å². The predicted octanol–water partition coefficient (Wildman–Crippen LogP) is 5.85. The van der Waals surface area contributed by atoms with Crippen LogP contribution in [0.4, 0.5) is 24.5 Å². The molecule has 1 aliphatic heterocycles. The highest BCUT2D eigenvalue weighted by Gasteiger charge is 2.41. The number of nitrogens with one attached hydrogen (secondary N) is 1. The fourth-order valence-electron chi connectivity index (χ4n) is 5.21. The standard InChI is InChI=1S/C21H23ClFNO5.C12H9F2N5O2S/c1-2-3-6-9-28-19(25)12-29-18-11-17(16(23)10-15(18)22)24-20(26)13-7-4-5-8-14(13)21(24)27;1-7-5-6-19-11(15-7)16-12(17-19)22(20,21)18-10-8(13)3-2-4-9(10)14/h10-11H,2-9,12H2,1H3;2-6,18H,1H3. The maximum absolute atomic E-state index is 14.5. The Bertz CT molecular complexity index is 2100. The number of carbonyl (C=O) groups is 3. The van der Waals surface area contributed by atoms with Crippen molar-refractivity contribution < 1.29 is 45.4 Å². The van der Waals surface area contributed by atoms with Crippen molar-refractivity contribution >= 4 is 56.6 Å². The van der Waals surface area contributed by atoms with E-state index in [1.54, 1.807) is 17.7 Å². The molecule has 2 aromatic carbocycles. The van der Waals surface area contributed by atoms with Crippen LogP contribution in [-0.4, -0.2) is 59.0 Å². The lowest BCUT2D eigenvalue weighted by atomic mass is 9.93. The summed E-state index contributed by atoms with van der Waals surface area (Å²) in [6.07, 6.45) is 6.88. The maximum atomic E-state index is 14.5. The SMILES string of the molecule is CCCCCOC(=O)COc1cc(N2C(=O)C3=C(CCCC3)C2=O)c(F)cc1Cl.Cc1ccn2nc(S(=O)(=O)Nc3c(F)cccc3F)nc2n1. The molecule has 0 bridgehead atoms. The lowest BCUT2D eigenvalue weighted by Crippen LogP contribution is -2.32. The number of carbonyl (C=O) groups excluding carboxylic acids is 3. The number of hydrogen-bond acceptors (Lipinski definition) is 10. The number of unbranched alkanes of at least 4 members (excludes halogenated alkanes) is 2. The Morgan fingerprint density at radius 3 is 2.29 bits per heavy atom. The number of esters is 1. The van der Waals surface area contributed by atoms with E-state index in [1.165, 1.54) is 12.3 Å². The average Bonchev–Trinajstić information content (AvgIpc) is 3.63. The molecule has 13 nitrogen and oxygen atoms in total. The smallest absolute Gasteiger partial charge is 0.344 e. The Labute approximate surface area is 295 Å². The van der Waals surface area contributed by atoms with Crippen molar-refractivity contribution in [2.45, 2.75) is 63.9 Å². The number of benzene rings is 2. The molecule has 4 aromatic rings. The predicted molar refractivity (Wildman–Crippen MR) is 178 cm³/mol. The molecule has 2 aliphatic rings. The average molecular weight is 749 g/mol. The van der Waals surface area contributed by atoms with E-state index in [0.29, 0.717) is 36.3 Å². The molecular formula is C33H32ClF3N6O7S. The van der Waals surface area contributed by atoms with Gasteiger partial charge in [-0.15, -0.1) is 5.10 Å². The Balaban J connectivity index is 0.000000205. The molecule has 51 heavy (non-hydrogen) atoms. The summed E-state index contributed by atoms with van der Waals surface area (Å²) in [6.45, 7) is 3.64. The first-order valence-corrected chi connectivity index (χ1v) is 17.7. The second-order valence-corrected chi connectivity index (χ2v) is 13.5. The first-order valence-electron chi connectivity index (χ1n) is 15.9. The molecule has 0 fully saturated rings. The summed E-state index contributed by atoms with van der Waals surface area (Å²) in [5, 5.41) is 3.03. The van der Waals surface area contributed by atoms with Gasteiger partial charge in [0.1, 0.15) is 28.9 Å². The lowest BCUT2D eigenvalue weighted by molar-refractivity contribution is -0.146. The number of amides is 2. The van der Waals surface area contributed by atoms with Crippen molar-refractivity contribution in [2.24, 2.45) is 0 Å². The van der Waals surface area contributed by atoms with Gasteiger partial charge >= 0.3 is 5.97 Å². The van der Waals surface area contributed by atoms with Gasteiger partial charge in [-0.3, -0.25) is 14.3 Å². The molecular weight excluding hydrogens is 717 g/mol. The van der Waals surface area contributed by atoms with Gasteiger partial charge in [0.15, 0.2) is 6.61 Å². The van der Waals surface area contributed by atoms with E-state index in [-0.39, 0.29) is 22.2 Å². The van der Waals surface area contributed by atoms with Crippen molar-refractivity contribution in [3.63, 3.8) is 0 Å². The van der Waals surface area contributed by atoms with Crippen LogP contribution in [0.25, 0.3) is 5.78 Å². The molecule has 18 heteroatoms. The first-order chi connectivity index (χ1) is 24.3. The quantitative estimate of drug-likeness (QED) is 0.112. The van der Waals surface area contributed by atoms with Crippen molar-refractivity contribution in [1.82, 2.24) is 19.6 Å². The number of rotatable bonds is 11. The highest BCUT2D eigenvalue weighted by molar-refractivity contribution is 7.92. The molecule has 2 aromatic heterocycles.